The second-order valence-electron chi connectivity index (χ2n) is 3.79. The Bertz CT molecular complexity index is 623. The molecule has 19 heavy (non-hydrogen) atoms. The Morgan fingerprint density at radius 2 is 1.68 bits per heavy atom. The molecule has 0 saturated carbocycles. The lowest BCUT2D eigenvalue weighted by molar-refractivity contribution is 0.0734. The van der Waals surface area contributed by atoms with Crippen molar-refractivity contribution in [2.75, 3.05) is 0 Å². The Labute approximate surface area is 123 Å². The minimum absolute atomic E-state index is 0.369. The summed E-state index contributed by atoms with van der Waals surface area (Å²) >= 11 is 2.12. The van der Waals surface area contributed by atoms with Gasteiger partial charge in [0.25, 0.3) is 0 Å². The highest BCUT2D eigenvalue weighted by atomic mass is 127. The summed E-state index contributed by atoms with van der Waals surface area (Å²) in [4.78, 5) is 22.8. The number of carbonyl (C=O) groups excluding carboxylic acids is 2. The second-order valence-corrected chi connectivity index (χ2v) is 5.03. The van der Waals surface area contributed by atoms with E-state index in [2.05, 4.69) is 22.6 Å². The first kappa shape index (κ1) is 13.5. The van der Waals surface area contributed by atoms with Gasteiger partial charge in [0.1, 0.15) is 5.75 Å². The van der Waals surface area contributed by atoms with Crippen LogP contribution in [0.25, 0.3) is 0 Å². The van der Waals surface area contributed by atoms with Crippen LogP contribution in [0.4, 0.5) is 0 Å². The average molecular weight is 367 g/mol. The number of amides is 1. The van der Waals surface area contributed by atoms with Crippen LogP contribution in [0.15, 0.2) is 48.5 Å². The van der Waals surface area contributed by atoms with Gasteiger partial charge in [-0.3, -0.25) is 4.79 Å². The molecule has 0 unspecified atom stereocenters. The van der Waals surface area contributed by atoms with Crippen LogP contribution in [-0.4, -0.2) is 11.9 Å². The summed E-state index contributed by atoms with van der Waals surface area (Å²) in [5, 5.41) is 0. The van der Waals surface area contributed by atoms with E-state index < -0.39 is 11.9 Å². The van der Waals surface area contributed by atoms with Crippen molar-refractivity contribution in [1.82, 2.24) is 0 Å². The fourth-order valence-electron chi connectivity index (χ4n) is 1.47. The molecule has 0 bridgehead atoms. The lowest BCUT2D eigenvalue weighted by Crippen LogP contribution is -2.11. The first-order valence-electron chi connectivity index (χ1n) is 5.44. The maximum atomic E-state index is 11.9. The Morgan fingerprint density at radius 3 is 2.26 bits per heavy atom. The SMILES string of the molecule is NC(=O)c1ccc(OC(=O)c2cccc(I)c2)cc1. The summed E-state index contributed by atoms with van der Waals surface area (Å²) in [6, 6.07) is 13.2. The highest BCUT2D eigenvalue weighted by molar-refractivity contribution is 14.1. The molecular weight excluding hydrogens is 357 g/mol. The van der Waals surface area contributed by atoms with Gasteiger partial charge in [0.15, 0.2) is 0 Å². The van der Waals surface area contributed by atoms with Crippen molar-refractivity contribution in [2.24, 2.45) is 5.73 Å². The van der Waals surface area contributed by atoms with E-state index in [9.17, 15) is 9.59 Å². The van der Waals surface area contributed by atoms with Crippen molar-refractivity contribution < 1.29 is 14.3 Å². The number of nitrogens with two attached hydrogens (primary N) is 1. The van der Waals surface area contributed by atoms with E-state index in [0.29, 0.717) is 16.9 Å². The van der Waals surface area contributed by atoms with Gasteiger partial charge in [0.2, 0.25) is 5.91 Å². The number of primary amides is 1. The number of esters is 1. The third-order valence-corrected chi connectivity index (χ3v) is 3.08. The normalized spacial score (nSPS) is 9.95. The molecular formula is C14H10INO3. The average Bonchev–Trinajstić information content (AvgIpc) is 2.39. The zero-order valence-corrected chi connectivity index (χ0v) is 12.0. The molecule has 2 N–H and O–H groups in total. The van der Waals surface area contributed by atoms with Crippen molar-refractivity contribution in [3.63, 3.8) is 0 Å². The van der Waals surface area contributed by atoms with Gasteiger partial charge in [-0.05, 0) is 65.1 Å². The molecule has 5 heteroatoms. The summed E-state index contributed by atoms with van der Waals surface area (Å²) in [6.07, 6.45) is 0. The van der Waals surface area contributed by atoms with Crippen molar-refractivity contribution in [2.45, 2.75) is 0 Å². The van der Waals surface area contributed by atoms with Crippen LogP contribution >= 0.6 is 22.6 Å². The van der Waals surface area contributed by atoms with Crippen molar-refractivity contribution >= 4 is 34.5 Å². The Hall–Kier alpha value is -1.89. The van der Waals surface area contributed by atoms with Crippen LogP contribution in [0, 0.1) is 3.57 Å². The van der Waals surface area contributed by atoms with Crippen LogP contribution in [-0.2, 0) is 0 Å². The summed E-state index contributed by atoms with van der Waals surface area (Å²) in [7, 11) is 0. The van der Waals surface area contributed by atoms with Crippen LogP contribution in [0.5, 0.6) is 5.75 Å². The Kier molecular flexibility index (Phi) is 4.16. The lowest BCUT2D eigenvalue weighted by Gasteiger charge is -2.05. The quantitative estimate of drug-likeness (QED) is 0.515. The fraction of sp³-hybridized carbons (Fsp3) is 0. The maximum Gasteiger partial charge on any atom is 0.343 e. The highest BCUT2D eigenvalue weighted by Crippen LogP contribution is 2.15. The van der Waals surface area contributed by atoms with Crippen LogP contribution < -0.4 is 10.5 Å². The van der Waals surface area contributed by atoms with E-state index in [1.165, 1.54) is 24.3 Å². The van der Waals surface area contributed by atoms with E-state index in [1.807, 2.05) is 6.07 Å². The number of hydrogen-bond acceptors (Lipinski definition) is 3. The molecule has 1 amide bonds. The first-order valence-corrected chi connectivity index (χ1v) is 6.52. The minimum Gasteiger partial charge on any atom is -0.423 e. The number of hydrogen-bond donors (Lipinski definition) is 1. The summed E-state index contributed by atoms with van der Waals surface area (Å²) < 4.78 is 6.15. The fourth-order valence-corrected chi connectivity index (χ4v) is 2.01. The largest absolute Gasteiger partial charge is 0.423 e. The molecule has 0 spiro atoms. The smallest absolute Gasteiger partial charge is 0.343 e. The molecule has 0 heterocycles. The molecule has 0 aliphatic carbocycles. The second kappa shape index (κ2) is 5.83. The predicted molar refractivity (Wildman–Crippen MR) is 79.1 cm³/mol. The monoisotopic (exact) mass is 367 g/mol. The third kappa shape index (κ3) is 3.54. The lowest BCUT2D eigenvalue weighted by atomic mass is 10.2. The van der Waals surface area contributed by atoms with Gasteiger partial charge < -0.3 is 10.5 Å². The topological polar surface area (TPSA) is 69.4 Å². The van der Waals surface area contributed by atoms with Crippen LogP contribution in [0.3, 0.4) is 0 Å². The first-order chi connectivity index (χ1) is 9.06. The van der Waals surface area contributed by atoms with E-state index in [-0.39, 0.29) is 0 Å². The van der Waals surface area contributed by atoms with Gasteiger partial charge in [-0.15, -0.1) is 0 Å². The molecule has 0 fully saturated rings. The molecule has 0 aromatic heterocycles. The third-order valence-electron chi connectivity index (χ3n) is 2.41. The Morgan fingerprint density at radius 1 is 1.00 bits per heavy atom. The zero-order chi connectivity index (χ0) is 13.8. The van der Waals surface area contributed by atoms with Crippen molar-refractivity contribution in [3.8, 4) is 5.75 Å². The van der Waals surface area contributed by atoms with Gasteiger partial charge in [0, 0.05) is 9.13 Å². The minimum atomic E-state index is -0.518. The number of carbonyl (C=O) groups is 2. The van der Waals surface area contributed by atoms with Crippen LogP contribution in [0.1, 0.15) is 20.7 Å². The van der Waals surface area contributed by atoms with Gasteiger partial charge in [-0.2, -0.15) is 0 Å². The molecule has 0 aliphatic heterocycles. The van der Waals surface area contributed by atoms with Crippen LogP contribution in [0.2, 0.25) is 0 Å². The predicted octanol–water partition coefficient (Wildman–Crippen LogP) is 2.61. The molecule has 2 aromatic rings. The molecule has 0 aliphatic rings. The summed E-state index contributed by atoms with van der Waals surface area (Å²) in [5.74, 6) is -0.588. The van der Waals surface area contributed by atoms with Crippen molar-refractivity contribution in [1.29, 1.82) is 0 Å². The molecule has 0 atom stereocenters. The zero-order valence-electron chi connectivity index (χ0n) is 9.80. The van der Waals surface area contributed by atoms with Gasteiger partial charge >= 0.3 is 5.97 Å². The standard InChI is InChI=1S/C14H10INO3/c15-11-3-1-2-10(8-11)14(18)19-12-6-4-9(5-7-12)13(16)17/h1-8H,(H2,16,17). The molecule has 2 aromatic carbocycles. The molecule has 4 nitrogen and oxygen atoms in total. The van der Waals surface area contributed by atoms with Crippen molar-refractivity contribution in [3.05, 3.63) is 63.2 Å². The highest BCUT2D eigenvalue weighted by Gasteiger charge is 2.09. The number of rotatable bonds is 3. The van der Waals surface area contributed by atoms with E-state index in [0.717, 1.165) is 3.57 Å². The summed E-state index contributed by atoms with van der Waals surface area (Å²) in [6.45, 7) is 0. The number of ether oxygens (including phenoxy) is 1. The Balaban J connectivity index is 2.13. The van der Waals surface area contributed by atoms with Gasteiger partial charge in [-0.25, -0.2) is 4.79 Å². The maximum absolute atomic E-state index is 11.9. The molecule has 0 saturated heterocycles. The summed E-state index contributed by atoms with van der Waals surface area (Å²) in [5.41, 5.74) is 5.97. The van der Waals surface area contributed by atoms with Gasteiger partial charge in [0.05, 0.1) is 5.56 Å². The van der Waals surface area contributed by atoms with E-state index in [1.54, 1.807) is 18.2 Å². The number of benzene rings is 2. The molecule has 0 radical (unpaired) electrons. The molecule has 2 rings (SSSR count). The van der Waals surface area contributed by atoms with E-state index in [4.69, 9.17) is 10.5 Å². The van der Waals surface area contributed by atoms with E-state index >= 15 is 0 Å². The van der Waals surface area contributed by atoms with Gasteiger partial charge in [-0.1, -0.05) is 6.07 Å². The number of halogens is 1. The molecule has 96 valence electrons.